The largest absolute Gasteiger partial charge is 0.496 e. The second-order valence-electron chi connectivity index (χ2n) is 7.58. The van der Waals surface area contributed by atoms with Gasteiger partial charge >= 0.3 is 0 Å². The Hall–Kier alpha value is -3.22. The van der Waals surface area contributed by atoms with Crippen LogP contribution in [-0.2, 0) is 9.59 Å². The minimum atomic E-state index is -0.453. The molecule has 3 rings (SSSR count). The van der Waals surface area contributed by atoms with Crippen molar-refractivity contribution in [3.05, 3.63) is 65.5 Å². The summed E-state index contributed by atoms with van der Waals surface area (Å²) in [7, 11) is 3.16. The van der Waals surface area contributed by atoms with Gasteiger partial charge in [-0.05, 0) is 12.1 Å². The van der Waals surface area contributed by atoms with Crippen LogP contribution >= 0.6 is 0 Å². The van der Waals surface area contributed by atoms with E-state index < -0.39 is 11.9 Å². The normalized spacial score (nSPS) is 15.9. The molecule has 0 bridgehead atoms. The maximum atomic E-state index is 14.4. The average Bonchev–Trinajstić information content (AvgIpc) is 3.18. The van der Waals surface area contributed by atoms with Gasteiger partial charge in [-0.15, -0.1) is 0 Å². The third-order valence-corrected chi connectivity index (χ3v) is 5.09. The first-order valence-corrected chi connectivity index (χ1v) is 9.85. The summed E-state index contributed by atoms with van der Waals surface area (Å²) in [6.45, 7) is 3.45. The number of halogens is 1. The number of carbonyl (C=O) groups is 2. The highest BCUT2D eigenvalue weighted by Gasteiger charge is 2.36. The van der Waals surface area contributed by atoms with Gasteiger partial charge in [0.1, 0.15) is 18.1 Å². The highest BCUT2D eigenvalue weighted by atomic mass is 19.1. The SMILES string of the molecule is COc1ccccc1C1CC(c2ccccc2F)=NN1C(=O)CN(C)C(=O)C(C)C. The van der Waals surface area contributed by atoms with Crippen molar-refractivity contribution in [3.63, 3.8) is 0 Å². The van der Waals surface area contributed by atoms with E-state index in [4.69, 9.17) is 4.74 Å². The van der Waals surface area contributed by atoms with Gasteiger partial charge in [-0.1, -0.05) is 50.2 Å². The Morgan fingerprint density at radius 1 is 1.20 bits per heavy atom. The lowest BCUT2D eigenvalue weighted by Crippen LogP contribution is -2.40. The van der Waals surface area contributed by atoms with Gasteiger partial charge in [0.2, 0.25) is 5.91 Å². The molecule has 0 aromatic heterocycles. The molecule has 0 radical (unpaired) electrons. The minimum Gasteiger partial charge on any atom is -0.496 e. The molecule has 1 atom stereocenters. The molecular weight excluding hydrogens is 385 g/mol. The number of likely N-dealkylation sites (N-methyl/N-ethyl adjacent to an activating group) is 1. The highest BCUT2D eigenvalue weighted by Crippen LogP contribution is 2.37. The fourth-order valence-electron chi connectivity index (χ4n) is 3.58. The predicted molar refractivity (Wildman–Crippen MR) is 113 cm³/mol. The van der Waals surface area contributed by atoms with Gasteiger partial charge in [0.05, 0.1) is 18.9 Å². The van der Waals surface area contributed by atoms with Crippen molar-refractivity contribution in [2.75, 3.05) is 20.7 Å². The second-order valence-corrected chi connectivity index (χ2v) is 7.58. The summed E-state index contributed by atoms with van der Waals surface area (Å²) in [6, 6.07) is 13.3. The number of carbonyl (C=O) groups excluding carboxylic acids is 2. The van der Waals surface area contributed by atoms with Gasteiger partial charge in [-0.3, -0.25) is 9.59 Å². The van der Waals surface area contributed by atoms with E-state index in [1.54, 1.807) is 46.2 Å². The van der Waals surface area contributed by atoms with Crippen molar-refractivity contribution in [1.82, 2.24) is 9.91 Å². The van der Waals surface area contributed by atoms with E-state index in [1.165, 1.54) is 16.0 Å². The van der Waals surface area contributed by atoms with Crippen LogP contribution in [0.15, 0.2) is 53.6 Å². The summed E-state index contributed by atoms with van der Waals surface area (Å²) in [5.74, 6) is -0.458. The minimum absolute atomic E-state index is 0.114. The molecule has 1 heterocycles. The number of methoxy groups -OCH3 is 1. The van der Waals surface area contributed by atoms with Gasteiger partial charge in [0.25, 0.3) is 5.91 Å². The summed E-state index contributed by atoms with van der Waals surface area (Å²) in [6.07, 6.45) is 0.342. The van der Waals surface area contributed by atoms with Crippen molar-refractivity contribution in [3.8, 4) is 5.75 Å². The molecule has 1 aliphatic rings. The quantitative estimate of drug-likeness (QED) is 0.729. The lowest BCUT2D eigenvalue weighted by molar-refractivity contribution is -0.142. The third kappa shape index (κ3) is 4.35. The maximum absolute atomic E-state index is 14.4. The molecular formula is C23H26FN3O3. The number of benzene rings is 2. The number of amides is 2. The molecule has 2 aromatic rings. The molecule has 0 aliphatic carbocycles. The van der Waals surface area contributed by atoms with Gasteiger partial charge in [-0.25, -0.2) is 9.40 Å². The summed E-state index contributed by atoms with van der Waals surface area (Å²) in [4.78, 5) is 26.7. The fourth-order valence-corrected chi connectivity index (χ4v) is 3.58. The maximum Gasteiger partial charge on any atom is 0.262 e. The van der Waals surface area contributed by atoms with E-state index in [2.05, 4.69) is 5.10 Å². The molecule has 0 saturated heterocycles. The summed E-state index contributed by atoms with van der Waals surface area (Å²) in [5.41, 5.74) is 1.62. The molecule has 0 saturated carbocycles. The lowest BCUT2D eigenvalue weighted by Gasteiger charge is -2.26. The number of para-hydroxylation sites is 1. The van der Waals surface area contributed by atoms with Crippen LogP contribution in [0, 0.1) is 11.7 Å². The van der Waals surface area contributed by atoms with Crippen molar-refractivity contribution >= 4 is 17.5 Å². The van der Waals surface area contributed by atoms with Gasteiger partial charge in [-0.2, -0.15) is 5.10 Å². The molecule has 0 spiro atoms. The van der Waals surface area contributed by atoms with Crippen molar-refractivity contribution in [2.45, 2.75) is 26.3 Å². The van der Waals surface area contributed by atoms with Crippen molar-refractivity contribution < 1.29 is 18.7 Å². The number of hydrogen-bond acceptors (Lipinski definition) is 4. The Balaban J connectivity index is 1.96. The molecule has 0 fully saturated rings. The molecule has 2 amide bonds. The standard InChI is InChI=1S/C23H26FN3O3/c1-15(2)23(29)26(3)14-22(28)27-20(17-10-6-8-12-21(17)30-4)13-19(25-27)16-9-5-7-11-18(16)24/h5-12,15,20H,13-14H2,1-4H3. The lowest BCUT2D eigenvalue weighted by atomic mass is 9.97. The number of hydrazone groups is 1. The van der Waals surface area contributed by atoms with Crippen LogP contribution in [0.25, 0.3) is 0 Å². The number of hydrogen-bond donors (Lipinski definition) is 0. The van der Waals surface area contributed by atoms with E-state index in [0.29, 0.717) is 23.4 Å². The van der Waals surface area contributed by atoms with Gasteiger partial charge in [0.15, 0.2) is 0 Å². The van der Waals surface area contributed by atoms with E-state index in [-0.39, 0.29) is 24.3 Å². The first kappa shape index (κ1) is 21.5. The first-order valence-electron chi connectivity index (χ1n) is 9.85. The molecule has 1 unspecified atom stereocenters. The molecule has 158 valence electrons. The van der Waals surface area contributed by atoms with Gasteiger partial charge in [0, 0.05) is 30.5 Å². The Morgan fingerprint density at radius 2 is 1.87 bits per heavy atom. The van der Waals surface area contributed by atoms with Crippen LogP contribution in [0.3, 0.4) is 0 Å². The average molecular weight is 411 g/mol. The zero-order valence-electron chi connectivity index (χ0n) is 17.6. The van der Waals surface area contributed by atoms with E-state index in [1.807, 2.05) is 24.3 Å². The van der Waals surface area contributed by atoms with E-state index >= 15 is 0 Å². The van der Waals surface area contributed by atoms with Gasteiger partial charge < -0.3 is 9.64 Å². The number of rotatable bonds is 6. The number of ether oxygens (including phenoxy) is 1. The number of nitrogens with zero attached hydrogens (tertiary/aromatic N) is 3. The molecule has 1 aliphatic heterocycles. The molecule has 6 nitrogen and oxygen atoms in total. The van der Waals surface area contributed by atoms with Crippen LogP contribution in [-0.4, -0.2) is 48.1 Å². The van der Waals surface area contributed by atoms with Crippen LogP contribution < -0.4 is 4.74 Å². The summed E-state index contributed by atoms with van der Waals surface area (Å²) in [5, 5.41) is 5.83. The fraction of sp³-hybridized carbons (Fsp3) is 0.348. The molecule has 7 heteroatoms. The van der Waals surface area contributed by atoms with Crippen molar-refractivity contribution in [2.24, 2.45) is 11.0 Å². The van der Waals surface area contributed by atoms with Crippen LogP contribution in [0.1, 0.15) is 37.4 Å². The summed E-state index contributed by atoms with van der Waals surface area (Å²) >= 11 is 0. The smallest absolute Gasteiger partial charge is 0.262 e. The van der Waals surface area contributed by atoms with Crippen LogP contribution in [0.2, 0.25) is 0 Å². The van der Waals surface area contributed by atoms with E-state index in [0.717, 1.165) is 5.56 Å². The Bertz CT molecular complexity index is 974. The molecule has 0 N–H and O–H groups in total. The first-order chi connectivity index (χ1) is 14.3. The summed E-state index contributed by atoms with van der Waals surface area (Å²) < 4.78 is 19.9. The Kier molecular flexibility index (Phi) is 6.50. The Morgan fingerprint density at radius 3 is 2.53 bits per heavy atom. The Labute approximate surface area is 175 Å². The highest BCUT2D eigenvalue weighted by molar-refractivity contribution is 6.03. The topological polar surface area (TPSA) is 62.2 Å². The third-order valence-electron chi connectivity index (χ3n) is 5.09. The molecule has 30 heavy (non-hydrogen) atoms. The van der Waals surface area contributed by atoms with E-state index in [9.17, 15) is 14.0 Å². The zero-order chi connectivity index (χ0) is 21.8. The monoisotopic (exact) mass is 411 g/mol. The second kappa shape index (κ2) is 9.07. The van der Waals surface area contributed by atoms with Crippen LogP contribution in [0.5, 0.6) is 5.75 Å². The zero-order valence-corrected chi connectivity index (χ0v) is 17.6. The van der Waals surface area contributed by atoms with Crippen molar-refractivity contribution in [1.29, 1.82) is 0 Å². The van der Waals surface area contributed by atoms with Crippen LogP contribution in [0.4, 0.5) is 4.39 Å². The predicted octanol–water partition coefficient (Wildman–Crippen LogP) is 3.63. The molecule has 2 aromatic carbocycles.